The number of rotatable bonds is 8. The summed E-state index contributed by atoms with van der Waals surface area (Å²) in [5.41, 5.74) is 5.95. The van der Waals surface area contributed by atoms with Crippen molar-refractivity contribution in [3.05, 3.63) is 0 Å². The minimum absolute atomic E-state index is 0.373. The van der Waals surface area contributed by atoms with Gasteiger partial charge in [-0.3, -0.25) is 0 Å². The summed E-state index contributed by atoms with van der Waals surface area (Å²) in [6.07, 6.45) is 7.57. The first-order chi connectivity index (χ1) is 6.33. The van der Waals surface area contributed by atoms with Crippen molar-refractivity contribution in [1.29, 1.82) is 0 Å². The van der Waals surface area contributed by atoms with Gasteiger partial charge < -0.3 is 10.5 Å². The molecule has 2 heteroatoms. The van der Waals surface area contributed by atoms with Crippen molar-refractivity contribution >= 4 is 0 Å². The molecule has 1 fully saturated rings. The molecule has 0 amide bonds. The van der Waals surface area contributed by atoms with E-state index < -0.39 is 0 Å². The predicted molar refractivity (Wildman–Crippen MR) is 55.7 cm³/mol. The molecule has 0 saturated heterocycles. The Morgan fingerprint density at radius 2 is 2.08 bits per heavy atom. The largest absolute Gasteiger partial charge is 0.381 e. The van der Waals surface area contributed by atoms with Gasteiger partial charge in [0.25, 0.3) is 0 Å². The lowest BCUT2D eigenvalue weighted by Gasteiger charge is -2.10. The lowest BCUT2D eigenvalue weighted by Crippen LogP contribution is -2.22. The van der Waals surface area contributed by atoms with Gasteiger partial charge in [0.05, 0.1) is 0 Å². The van der Waals surface area contributed by atoms with Crippen molar-refractivity contribution < 1.29 is 4.74 Å². The molecule has 1 aliphatic carbocycles. The van der Waals surface area contributed by atoms with Gasteiger partial charge in [-0.25, -0.2) is 0 Å². The average Bonchev–Trinajstić information content (AvgIpc) is 2.92. The standard InChI is InChI=1S/C11H23NO/c1-2-8-13-9-7-11(12)6-5-10-3-4-10/h10-11H,2-9,12H2,1H3. The maximum absolute atomic E-state index is 5.95. The van der Waals surface area contributed by atoms with Crippen LogP contribution in [0.5, 0.6) is 0 Å². The first-order valence-corrected chi connectivity index (χ1v) is 5.66. The Kier molecular flexibility index (Phi) is 5.40. The van der Waals surface area contributed by atoms with Crippen molar-refractivity contribution in [2.24, 2.45) is 11.7 Å². The highest BCUT2D eigenvalue weighted by molar-refractivity contribution is 4.75. The van der Waals surface area contributed by atoms with Crippen LogP contribution in [0.4, 0.5) is 0 Å². The molecule has 0 aliphatic heterocycles. The number of ether oxygens (including phenoxy) is 1. The van der Waals surface area contributed by atoms with E-state index in [2.05, 4.69) is 6.92 Å². The maximum atomic E-state index is 5.95. The topological polar surface area (TPSA) is 35.2 Å². The molecule has 1 aliphatic rings. The van der Waals surface area contributed by atoms with Gasteiger partial charge in [0.1, 0.15) is 0 Å². The molecule has 1 rings (SSSR count). The third-order valence-electron chi connectivity index (χ3n) is 2.62. The second-order valence-corrected chi connectivity index (χ2v) is 4.18. The van der Waals surface area contributed by atoms with E-state index >= 15 is 0 Å². The molecule has 1 atom stereocenters. The highest BCUT2D eigenvalue weighted by Gasteiger charge is 2.21. The first-order valence-electron chi connectivity index (χ1n) is 5.66. The van der Waals surface area contributed by atoms with Crippen LogP contribution in [0, 0.1) is 5.92 Å². The molecule has 0 bridgehead atoms. The molecule has 0 radical (unpaired) electrons. The summed E-state index contributed by atoms with van der Waals surface area (Å²) in [7, 11) is 0. The molecule has 1 unspecified atom stereocenters. The molecule has 1 saturated carbocycles. The smallest absolute Gasteiger partial charge is 0.0480 e. The van der Waals surface area contributed by atoms with E-state index in [1.807, 2.05) is 0 Å². The van der Waals surface area contributed by atoms with Gasteiger partial charge in [0.2, 0.25) is 0 Å². The summed E-state index contributed by atoms with van der Waals surface area (Å²) >= 11 is 0. The van der Waals surface area contributed by atoms with Crippen molar-refractivity contribution in [3.63, 3.8) is 0 Å². The Labute approximate surface area is 81.8 Å². The quantitative estimate of drug-likeness (QED) is 0.589. The van der Waals surface area contributed by atoms with Crippen LogP contribution in [0.2, 0.25) is 0 Å². The van der Waals surface area contributed by atoms with E-state index in [0.717, 1.165) is 32.0 Å². The fourth-order valence-electron chi connectivity index (χ4n) is 1.48. The molecule has 0 aromatic rings. The van der Waals surface area contributed by atoms with Crippen molar-refractivity contribution in [2.45, 2.75) is 51.5 Å². The fourth-order valence-corrected chi connectivity index (χ4v) is 1.48. The van der Waals surface area contributed by atoms with Crippen molar-refractivity contribution in [3.8, 4) is 0 Å². The number of nitrogens with two attached hydrogens (primary N) is 1. The maximum Gasteiger partial charge on any atom is 0.0480 e. The Balaban J connectivity index is 1.81. The van der Waals surface area contributed by atoms with Crippen LogP contribution in [0.25, 0.3) is 0 Å². The first kappa shape index (κ1) is 11.0. The van der Waals surface area contributed by atoms with E-state index in [1.165, 1.54) is 25.7 Å². The van der Waals surface area contributed by atoms with Gasteiger partial charge in [-0.2, -0.15) is 0 Å². The monoisotopic (exact) mass is 185 g/mol. The van der Waals surface area contributed by atoms with Crippen molar-refractivity contribution in [1.82, 2.24) is 0 Å². The third-order valence-corrected chi connectivity index (χ3v) is 2.62. The second-order valence-electron chi connectivity index (χ2n) is 4.18. The second kappa shape index (κ2) is 6.39. The van der Waals surface area contributed by atoms with Gasteiger partial charge in [0, 0.05) is 19.3 Å². The van der Waals surface area contributed by atoms with Crippen LogP contribution in [-0.4, -0.2) is 19.3 Å². The Morgan fingerprint density at radius 3 is 2.69 bits per heavy atom. The average molecular weight is 185 g/mol. The molecule has 0 spiro atoms. The summed E-state index contributed by atoms with van der Waals surface area (Å²) in [4.78, 5) is 0. The molecular formula is C11H23NO. The predicted octanol–water partition coefficient (Wildman–Crippen LogP) is 2.32. The zero-order chi connectivity index (χ0) is 9.52. The van der Waals surface area contributed by atoms with Crippen molar-refractivity contribution in [2.75, 3.05) is 13.2 Å². The summed E-state index contributed by atoms with van der Waals surface area (Å²) in [5.74, 6) is 1.02. The highest BCUT2D eigenvalue weighted by Crippen LogP contribution is 2.33. The zero-order valence-electron chi connectivity index (χ0n) is 8.80. The summed E-state index contributed by atoms with van der Waals surface area (Å²) in [5, 5.41) is 0. The van der Waals surface area contributed by atoms with E-state index in [0.29, 0.717) is 6.04 Å². The van der Waals surface area contributed by atoms with E-state index in [1.54, 1.807) is 0 Å². The molecule has 2 nitrogen and oxygen atoms in total. The fraction of sp³-hybridized carbons (Fsp3) is 1.00. The van der Waals surface area contributed by atoms with E-state index in [4.69, 9.17) is 10.5 Å². The molecule has 0 heterocycles. The van der Waals surface area contributed by atoms with Gasteiger partial charge in [0.15, 0.2) is 0 Å². The minimum atomic E-state index is 0.373. The van der Waals surface area contributed by atoms with Crippen LogP contribution in [0.3, 0.4) is 0 Å². The lowest BCUT2D eigenvalue weighted by molar-refractivity contribution is 0.126. The van der Waals surface area contributed by atoms with Crippen LogP contribution in [-0.2, 0) is 4.74 Å². The third kappa shape index (κ3) is 6.05. The number of hydrogen-bond donors (Lipinski definition) is 1. The Hall–Kier alpha value is -0.0800. The van der Waals surface area contributed by atoms with Crippen LogP contribution in [0.1, 0.15) is 45.4 Å². The molecule has 0 aromatic heterocycles. The molecule has 13 heavy (non-hydrogen) atoms. The van der Waals surface area contributed by atoms with Gasteiger partial charge in [-0.15, -0.1) is 0 Å². The lowest BCUT2D eigenvalue weighted by atomic mass is 10.1. The van der Waals surface area contributed by atoms with Crippen LogP contribution in [0.15, 0.2) is 0 Å². The number of hydrogen-bond acceptors (Lipinski definition) is 2. The molecule has 0 aromatic carbocycles. The summed E-state index contributed by atoms with van der Waals surface area (Å²) in [6, 6.07) is 0.373. The molecule has 78 valence electrons. The minimum Gasteiger partial charge on any atom is -0.381 e. The normalized spacial score (nSPS) is 18.9. The molecular weight excluding hydrogens is 162 g/mol. The van der Waals surface area contributed by atoms with E-state index in [-0.39, 0.29) is 0 Å². The van der Waals surface area contributed by atoms with Gasteiger partial charge in [-0.1, -0.05) is 19.8 Å². The zero-order valence-corrected chi connectivity index (χ0v) is 8.80. The highest BCUT2D eigenvalue weighted by atomic mass is 16.5. The van der Waals surface area contributed by atoms with E-state index in [9.17, 15) is 0 Å². The summed E-state index contributed by atoms with van der Waals surface area (Å²) in [6.45, 7) is 3.86. The van der Waals surface area contributed by atoms with Crippen LogP contribution >= 0.6 is 0 Å². The molecule has 2 N–H and O–H groups in total. The van der Waals surface area contributed by atoms with Gasteiger partial charge in [-0.05, 0) is 31.6 Å². The van der Waals surface area contributed by atoms with Crippen LogP contribution < -0.4 is 5.73 Å². The Morgan fingerprint density at radius 1 is 1.31 bits per heavy atom. The van der Waals surface area contributed by atoms with Gasteiger partial charge >= 0.3 is 0 Å². The SMILES string of the molecule is CCCOCCC(N)CCC1CC1. The Bertz CT molecular complexity index is 123. The summed E-state index contributed by atoms with van der Waals surface area (Å²) < 4.78 is 5.40.